The van der Waals surface area contributed by atoms with Crippen molar-refractivity contribution in [3.8, 4) is 0 Å². The number of pyridine rings is 1. The number of rotatable bonds is 8. The summed E-state index contributed by atoms with van der Waals surface area (Å²) in [7, 11) is -1.67. The maximum atomic E-state index is 13.5. The number of piperazine rings is 1. The van der Waals surface area contributed by atoms with Crippen molar-refractivity contribution >= 4 is 33.0 Å². The molecule has 0 radical (unpaired) electrons. The first kappa shape index (κ1) is 26.5. The van der Waals surface area contributed by atoms with Crippen LogP contribution in [-0.4, -0.2) is 87.7 Å². The summed E-state index contributed by atoms with van der Waals surface area (Å²) in [6.07, 6.45) is 6.25. The average Bonchev–Trinajstić information content (AvgIpc) is 3.64. The van der Waals surface area contributed by atoms with Gasteiger partial charge in [0, 0.05) is 45.5 Å². The van der Waals surface area contributed by atoms with E-state index in [1.165, 1.54) is 18.9 Å². The smallest absolute Gasteiger partial charge is 0.292 e. The molecule has 2 aliphatic heterocycles. The number of benzene rings is 1. The van der Waals surface area contributed by atoms with Gasteiger partial charge in [0.15, 0.2) is 0 Å². The first-order chi connectivity index (χ1) is 18.2. The molecule has 1 spiro atoms. The van der Waals surface area contributed by atoms with Gasteiger partial charge in [0.25, 0.3) is 11.5 Å². The highest BCUT2D eigenvalue weighted by Gasteiger charge is 2.44. The van der Waals surface area contributed by atoms with E-state index in [2.05, 4.69) is 19.8 Å². The molecule has 38 heavy (non-hydrogen) atoms. The number of hydrogen-bond donors (Lipinski definition) is 3. The van der Waals surface area contributed by atoms with Crippen LogP contribution in [0.1, 0.15) is 36.0 Å². The van der Waals surface area contributed by atoms with Gasteiger partial charge >= 0.3 is 0 Å². The second-order valence-electron chi connectivity index (χ2n) is 10.6. The Balaban J connectivity index is 1.40. The summed E-state index contributed by atoms with van der Waals surface area (Å²) >= 11 is 0. The van der Waals surface area contributed by atoms with Crippen LogP contribution in [0.25, 0.3) is 0 Å². The van der Waals surface area contributed by atoms with E-state index < -0.39 is 28.3 Å². The van der Waals surface area contributed by atoms with E-state index >= 15 is 0 Å². The third-order valence-corrected chi connectivity index (χ3v) is 9.23. The number of nitrogens with one attached hydrogen (secondary N) is 2. The number of amides is 1. The number of aliphatic hydroxyl groups is 1. The second-order valence-corrected chi connectivity index (χ2v) is 12.5. The van der Waals surface area contributed by atoms with E-state index in [0.717, 1.165) is 39.0 Å². The largest absolute Gasteiger partial charge is 0.395 e. The molecule has 1 amide bonds. The molecule has 1 saturated carbocycles. The van der Waals surface area contributed by atoms with Gasteiger partial charge < -0.3 is 25.2 Å². The molecule has 1 aliphatic carbocycles. The quantitative estimate of drug-likeness (QED) is 0.451. The molecular weight excluding hydrogens is 508 g/mol. The van der Waals surface area contributed by atoms with Crippen LogP contribution in [0.3, 0.4) is 0 Å². The van der Waals surface area contributed by atoms with Gasteiger partial charge in [-0.05, 0) is 68.5 Å². The summed E-state index contributed by atoms with van der Waals surface area (Å²) < 4.78 is 28.6. The Morgan fingerprint density at radius 1 is 1.03 bits per heavy atom. The third-order valence-electron chi connectivity index (χ3n) is 7.96. The lowest BCUT2D eigenvalue weighted by Gasteiger charge is -2.35. The molecule has 5 rings (SSSR count). The van der Waals surface area contributed by atoms with Gasteiger partial charge in [-0.15, -0.1) is 0 Å². The SMILES string of the molecule is CN1CCN(n2cccc(NC(=O)c3ccc(NS(=O)(=O)CCO)cc3N3CCC4(CC3)CC4)c2=O)CC1. The second kappa shape index (κ2) is 10.6. The summed E-state index contributed by atoms with van der Waals surface area (Å²) in [6.45, 7) is 4.17. The maximum absolute atomic E-state index is 13.5. The van der Waals surface area contributed by atoms with Crippen molar-refractivity contribution in [2.24, 2.45) is 5.41 Å². The molecule has 11 nitrogen and oxygen atoms in total. The van der Waals surface area contributed by atoms with E-state index in [4.69, 9.17) is 5.11 Å². The van der Waals surface area contributed by atoms with Gasteiger partial charge in [-0.3, -0.25) is 14.3 Å². The number of anilines is 3. The fourth-order valence-corrected chi connectivity index (χ4v) is 6.13. The summed E-state index contributed by atoms with van der Waals surface area (Å²) in [5.41, 5.74) is 1.64. The zero-order valence-corrected chi connectivity index (χ0v) is 22.5. The summed E-state index contributed by atoms with van der Waals surface area (Å²) in [6, 6.07) is 8.14. The molecule has 0 atom stereocenters. The molecule has 2 saturated heterocycles. The Morgan fingerprint density at radius 2 is 1.74 bits per heavy atom. The number of aliphatic hydroxyl groups excluding tert-OH is 1. The van der Waals surface area contributed by atoms with Crippen LogP contribution in [0.5, 0.6) is 0 Å². The molecular formula is C26H36N6O5S. The first-order valence-corrected chi connectivity index (χ1v) is 14.8. The van der Waals surface area contributed by atoms with Crippen molar-refractivity contribution in [1.29, 1.82) is 0 Å². The highest BCUT2D eigenvalue weighted by atomic mass is 32.2. The van der Waals surface area contributed by atoms with E-state index in [1.807, 2.05) is 12.1 Å². The predicted molar refractivity (Wildman–Crippen MR) is 148 cm³/mol. The fourth-order valence-electron chi connectivity index (χ4n) is 5.30. The summed E-state index contributed by atoms with van der Waals surface area (Å²) in [5.74, 6) is -0.839. The Morgan fingerprint density at radius 3 is 2.39 bits per heavy atom. The average molecular weight is 545 g/mol. The number of hydrogen-bond acceptors (Lipinski definition) is 8. The Labute approximate surface area is 223 Å². The molecule has 1 aromatic carbocycles. The zero-order valence-electron chi connectivity index (χ0n) is 21.7. The van der Waals surface area contributed by atoms with Gasteiger partial charge in [-0.1, -0.05) is 0 Å². The number of sulfonamides is 1. The molecule has 3 fully saturated rings. The van der Waals surface area contributed by atoms with Crippen LogP contribution in [-0.2, 0) is 10.0 Å². The Hall–Kier alpha value is -3.09. The summed E-state index contributed by atoms with van der Waals surface area (Å²) in [4.78, 5) is 31.1. The molecule has 1 aromatic heterocycles. The molecule has 0 bridgehead atoms. The minimum atomic E-state index is -3.72. The van der Waals surface area contributed by atoms with Crippen LogP contribution < -0.4 is 25.5 Å². The standard InChI is InChI=1S/C26H36N6O5S/c1-29-13-15-31(16-14-29)32-10-2-3-22(25(32)35)27-24(34)21-5-4-20(28-38(36,37)18-17-33)19-23(21)30-11-8-26(6-7-26)9-12-30/h2-5,10,19,28,33H,6-9,11-18H2,1H3,(H,27,34). The van der Waals surface area contributed by atoms with Gasteiger partial charge in [-0.25, -0.2) is 13.1 Å². The lowest BCUT2D eigenvalue weighted by atomic mass is 9.93. The Kier molecular flexibility index (Phi) is 7.38. The van der Waals surface area contributed by atoms with E-state index in [0.29, 0.717) is 35.4 Å². The molecule has 3 aliphatic rings. The number of carbonyl (C=O) groups is 1. The van der Waals surface area contributed by atoms with Crippen molar-refractivity contribution in [3.05, 3.63) is 52.4 Å². The minimum absolute atomic E-state index is 0.186. The topological polar surface area (TPSA) is 127 Å². The van der Waals surface area contributed by atoms with Crippen molar-refractivity contribution in [2.45, 2.75) is 25.7 Å². The van der Waals surface area contributed by atoms with Crippen LogP contribution >= 0.6 is 0 Å². The first-order valence-electron chi connectivity index (χ1n) is 13.2. The Bertz CT molecular complexity index is 1340. The van der Waals surface area contributed by atoms with Gasteiger partial charge in [0.1, 0.15) is 5.69 Å². The molecule has 2 aromatic rings. The van der Waals surface area contributed by atoms with E-state index in [-0.39, 0.29) is 11.2 Å². The maximum Gasteiger partial charge on any atom is 0.292 e. The van der Waals surface area contributed by atoms with E-state index in [9.17, 15) is 18.0 Å². The molecule has 3 N–H and O–H groups in total. The molecule has 206 valence electrons. The van der Waals surface area contributed by atoms with Crippen LogP contribution in [0.15, 0.2) is 41.3 Å². The van der Waals surface area contributed by atoms with Crippen molar-refractivity contribution in [1.82, 2.24) is 9.58 Å². The number of likely N-dealkylation sites (N-methyl/N-ethyl adjacent to an activating group) is 1. The lowest BCUT2D eigenvalue weighted by molar-refractivity contribution is 0.102. The highest BCUT2D eigenvalue weighted by molar-refractivity contribution is 7.92. The normalized spacial score (nSPS) is 19.4. The van der Waals surface area contributed by atoms with Gasteiger partial charge in [0.05, 0.1) is 29.3 Å². The molecule has 0 unspecified atom stereocenters. The van der Waals surface area contributed by atoms with Crippen molar-refractivity contribution in [2.75, 3.05) is 78.6 Å². The van der Waals surface area contributed by atoms with Crippen LogP contribution in [0.2, 0.25) is 0 Å². The van der Waals surface area contributed by atoms with Gasteiger partial charge in [-0.2, -0.15) is 0 Å². The number of nitrogens with zero attached hydrogens (tertiary/aromatic N) is 4. The third kappa shape index (κ3) is 5.82. The number of carbonyl (C=O) groups excluding carboxylic acids is 1. The monoisotopic (exact) mass is 544 g/mol. The highest BCUT2D eigenvalue weighted by Crippen LogP contribution is 2.54. The lowest BCUT2D eigenvalue weighted by Crippen LogP contribution is -2.53. The fraction of sp³-hybridized carbons (Fsp3) is 0.538. The van der Waals surface area contributed by atoms with Crippen LogP contribution in [0, 0.1) is 5.41 Å². The van der Waals surface area contributed by atoms with Crippen molar-refractivity contribution in [3.63, 3.8) is 0 Å². The van der Waals surface area contributed by atoms with E-state index in [1.54, 1.807) is 35.1 Å². The molecule has 3 heterocycles. The van der Waals surface area contributed by atoms with Gasteiger partial charge in [0.2, 0.25) is 10.0 Å². The van der Waals surface area contributed by atoms with Crippen molar-refractivity contribution < 1.29 is 18.3 Å². The van der Waals surface area contributed by atoms with Crippen LogP contribution in [0.4, 0.5) is 17.1 Å². The molecule has 12 heteroatoms. The number of aromatic nitrogens is 1. The zero-order chi connectivity index (χ0) is 26.9. The summed E-state index contributed by atoms with van der Waals surface area (Å²) in [5, 5.41) is 13.8. The number of piperidine rings is 1. The minimum Gasteiger partial charge on any atom is -0.395 e. The predicted octanol–water partition coefficient (Wildman–Crippen LogP) is 1.10.